The van der Waals surface area contributed by atoms with Crippen molar-refractivity contribution in [3.8, 4) is 59.2 Å². The van der Waals surface area contributed by atoms with E-state index in [4.69, 9.17) is 0 Å². The van der Waals surface area contributed by atoms with E-state index < -0.39 is 0 Å². The van der Waals surface area contributed by atoms with Gasteiger partial charge in [-0.2, -0.15) is 0 Å². The minimum absolute atomic E-state index is 0.707. The lowest BCUT2D eigenvalue weighted by atomic mass is 9.91. The molecule has 0 N–H and O–H groups in total. The van der Waals surface area contributed by atoms with Gasteiger partial charge in [0.2, 0.25) is 0 Å². The van der Waals surface area contributed by atoms with Crippen molar-refractivity contribution in [3.63, 3.8) is 0 Å². The molecule has 0 aromatic heterocycles. The molecule has 0 fully saturated rings. The van der Waals surface area contributed by atoms with Gasteiger partial charge in [-0.3, -0.25) is 0 Å². The lowest BCUT2D eigenvalue weighted by Crippen LogP contribution is -2.00. The first-order valence-corrected chi connectivity index (χ1v) is 16.9. The molecule has 6 aromatic rings. The predicted molar refractivity (Wildman–Crippen MR) is 212 cm³/mol. The van der Waals surface area contributed by atoms with E-state index in [1.165, 1.54) is 27.8 Å². The second-order valence-corrected chi connectivity index (χ2v) is 12.7. The average molecular weight is 649 g/mol. The molecule has 0 saturated carbocycles. The van der Waals surface area contributed by atoms with Gasteiger partial charge in [-0.1, -0.05) is 148 Å². The highest BCUT2D eigenvalue weighted by Gasteiger charge is 2.14. The van der Waals surface area contributed by atoms with Gasteiger partial charge in [0.1, 0.15) is 0 Å². The van der Waals surface area contributed by atoms with Crippen LogP contribution < -0.4 is 0 Å². The first kappa shape index (κ1) is 34.0. The second-order valence-electron chi connectivity index (χ2n) is 12.7. The van der Waals surface area contributed by atoms with Crippen LogP contribution in [-0.2, 0) is 0 Å². The maximum absolute atomic E-state index is 3.51. The molecule has 0 radical (unpaired) electrons. The summed E-state index contributed by atoms with van der Waals surface area (Å²) >= 11 is 0. The summed E-state index contributed by atoms with van der Waals surface area (Å²) in [5.41, 5.74) is 14.1. The Labute approximate surface area is 303 Å². The van der Waals surface area contributed by atoms with Gasteiger partial charge < -0.3 is 0 Å². The van der Waals surface area contributed by atoms with Crippen LogP contribution in [-0.4, -0.2) is 0 Å². The molecule has 0 amide bonds. The predicted octanol–water partition coefficient (Wildman–Crippen LogP) is 10.2. The Kier molecular flexibility index (Phi) is 10.7. The van der Waals surface area contributed by atoms with E-state index in [1.807, 2.05) is 66.7 Å². The molecule has 51 heavy (non-hydrogen) atoms. The fraction of sp³-hybridized carbons (Fsp3) is 0.0980. The van der Waals surface area contributed by atoms with E-state index in [-0.39, 0.29) is 0 Å². The van der Waals surface area contributed by atoms with Crippen LogP contribution in [0.25, 0.3) is 0 Å². The van der Waals surface area contributed by atoms with Crippen LogP contribution in [0, 0.1) is 93.8 Å². The van der Waals surface area contributed by atoms with Gasteiger partial charge in [0.25, 0.3) is 0 Å². The van der Waals surface area contributed by atoms with E-state index >= 15 is 0 Å². The molecule has 0 saturated heterocycles. The van der Waals surface area contributed by atoms with Crippen LogP contribution in [0.5, 0.6) is 0 Å². The molecule has 0 aliphatic heterocycles. The molecule has 0 unspecified atom stereocenters. The van der Waals surface area contributed by atoms with Gasteiger partial charge in [-0.05, 0) is 101 Å². The van der Waals surface area contributed by atoms with E-state index in [0.29, 0.717) is 5.56 Å². The Bertz CT molecular complexity index is 2370. The Morgan fingerprint density at radius 1 is 0.235 bits per heavy atom. The first-order valence-electron chi connectivity index (χ1n) is 16.9. The van der Waals surface area contributed by atoms with Crippen LogP contribution in [0.3, 0.4) is 0 Å². The summed E-state index contributed by atoms with van der Waals surface area (Å²) in [6.45, 7) is 10.4. The summed E-state index contributed by atoms with van der Waals surface area (Å²) < 4.78 is 0. The summed E-state index contributed by atoms with van der Waals surface area (Å²) in [4.78, 5) is 0. The number of benzene rings is 6. The Morgan fingerprint density at radius 2 is 0.451 bits per heavy atom. The normalized spacial score (nSPS) is 9.67. The topological polar surface area (TPSA) is 0 Å². The number of hydrogen-bond acceptors (Lipinski definition) is 0. The zero-order chi connectivity index (χ0) is 35.6. The summed E-state index contributed by atoms with van der Waals surface area (Å²) in [5.74, 6) is 34.4. The highest BCUT2D eigenvalue weighted by molar-refractivity contribution is 5.73. The molecule has 0 aliphatic rings. The molecule has 0 spiro atoms. The van der Waals surface area contributed by atoms with Crippen molar-refractivity contribution in [2.24, 2.45) is 0 Å². The fourth-order valence-electron chi connectivity index (χ4n) is 5.13. The minimum atomic E-state index is 0.707. The highest BCUT2D eigenvalue weighted by Crippen LogP contribution is 2.23. The van der Waals surface area contributed by atoms with Gasteiger partial charge in [-0.15, -0.1) is 0 Å². The standard InChI is InChI=1S/C51H36/c1-37-6-16-42(17-7-37)26-31-47-36-48(32-27-43-18-8-38(2)9-19-43)50(34-29-45-22-12-40(4)13-23-45)51(35-30-46-24-14-41(5)15-25-46)49(47)33-28-44-20-10-39(3)11-21-44/h6-25,36H,1-5H3. The summed E-state index contributed by atoms with van der Waals surface area (Å²) in [6, 6.07) is 43.1. The van der Waals surface area contributed by atoms with Crippen molar-refractivity contribution in [1.82, 2.24) is 0 Å². The highest BCUT2D eigenvalue weighted by atomic mass is 14.1. The summed E-state index contributed by atoms with van der Waals surface area (Å²) in [7, 11) is 0. The van der Waals surface area contributed by atoms with Crippen molar-refractivity contribution in [2.45, 2.75) is 34.6 Å². The molecular formula is C51H36. The molecule has 0 nitrogen and oxygen atoms in total. The van der Waals surface area contributed by atoms with Crippen LogP contribution in [0.2, 0.25) is 0 Å². The van der Waals surface area contributed by atoms with Crippen LogP contribution in [0.1, 0.15) is 83.5 Å². The SMILES string of the molecule is Cc1ccc(C#Cc2cc(C#Cc3ccc(C)cc3)c(C#Cc3ccc(C)cc3)c(C#Cc3ccc(C)cc3)c2C#Cc2ccc(C)cc2)cc1. The van der Waals surface area contributed by atoms with E-state index in [2.05, 4.69) is 154 Å². The Balaban J connectivity index is 1.67. The third-order valence-electron chi connectivity index (χ3n) is 8.26. The third-order valence-corrected chi connectivity index (χ3v) is 8.26. The molecule has 0 heterocycles. The van der Waals surface area contributed by atoms with Crippen LogP contribution in [0.4, 0.5) is 0 Å². The quantitative estimate of drug-likeness (QED) is 0.144. The molecule has 6 aromatic carbocycles. The second kappa shape index (κ2) is 16.0. The lowest BCUT2D eigenvalue weighted by Gasteiger charge is -2.09. The van der Waals surface area contributed by atoms with Gasteiger partial charge in [-0.25, -0.2) is 0 Å². The molecule has 6 rings (SSSR count). The van der Waals surface area contributed by atoms with Crippen molar-refractivity contribution < 1.29 is 0 Å². The summed E-state index contributed by atoms with van der Waals surface area (Å²) in [6.07, 6.45) is 0. The number of hydrogen-bond donors (Lipinski definition) is 0. The molecule has 240 valence electrons. The van der Waals surface area contributed by atoms with E-state index in [0.717, 1.165) is 50.1 Å². The average Bonchev–Trinajstić information content (AvgIpc) is 3.14. The zero-order valence-corrected chi connectivity index (χ0v) is 29.6. The number of aryl methyl sites for hydroxylation is 5. The smallest absolute Gasteiger partial charge is 0.0587 e. The monoisotopic (exact) mass is 648 g/mol. The summed E-state index contributed by atoms with van der Waals surface area (Å²) in [5, 5.41) is 0. The number of rotatable bonds is 0. The molecule has 0 bridgehead atoms. The van der Waals surface area contributed by atoms with Crippen molar-refractivity contribution in [3.05, 3.63) is 211 Å². The largest absolute Gasteiger partial charge is 0.0616 e. The van der Waals surface area contributed by atoms with Gasteiger partial charge >= 0.3 is 0 Å². The van der Waals surface area contributed by atoms with Crippen LogP contribution >= 0.6 is 0 Å². The third kappa shape index (κ3) is 9.39. The minimum Gasteiger partial charge on any atom is -0.0616 e. The van der Waals surface area contributed by atoms with Gasteiger partial charge in [0.05, 0.1) is 16.7 Å². The maximum atomic E-state index is 3.51. The fourth-order valence-corrected chi connectivity index (χ4v) is 5.13. The van der Waals surface area contributed by atoms with E-state index in [1.54, 1.807) is 0 Å². The van der Waals surface area contributed by atoms with E-state index in [9.17, 15) is 0 Å². The van der Waals surface area contributed by atoms with Crippen molar-refractivity contribution >= 4 is 0 Å². The van der Waals surface area contributed by atoms with Crippen LogP contribution in [0.15, 0.2) is 127 Å². The van der Waals surface area contributed by atoms with Crippen molar-refractivity contribution in [1.29, 1.82) is 0 Å². The lowest BCUT2D eigenvalue weighted by molar-refractivity contribution is 1.44. The first-order chi connectivity index (χ1) is 24.8. The van der Waals surface area contributed by atoms with Gasteiger partial charge in [0, 0.05) is 38.9 Å². The molecule has 0 atom stereocenters. The Hall–Kier alpha value is -6.88. The van der Waals surface area contributed by atoms with Gasteiger partial charge in [0.15, 0.2) is 0 Å². The zero-order valence-electron chi connectivity index (χ0n) is 29.6. The molecular weight excluding hydrogens is 613 g/mol. The molecule has 0 aliphatic carbocycles. The molecule has 0 heteroatoms. The van der Waals surface area contributed by atoms with Crippen molar-refractivity contribution in [2.75, 3.05) is 0 Å². The Morgan fingerprint density at radius 3 is 0.706 bits per heavy atom. The maximum Gasteiger partial charge on any atom is 0.0587 e.